The van der Waals surface area contributed by atoms with E-state index in [1.165, 1.54) is 7.11 Å². The van der Waals surface area contributed by atoms with Crippen molar-refractivity contribution in [1.82, 2.24) is 4.90 Å². The lowest BCUT2D eigenvalue weighted by atomic mass is 10.1. The van der Waals surface area contributed by atoms with Gasteiger partial charge in [-0.15, -0.1) is 0 Å². The number of carbonyl (C=O) groups is 2. The second-order valence-corrected chi connectivity index (χ2v) is 3.79. The number of methoxy groups -OCH3 is 1. The number of para-hydroxylation sites is 1. The predicted molar refractivity (Wildman–Crippen MR) is 61.4 cm³/mol. The number of ether oxygens (including phenoxy) is 2. The number of nitrogens with zero attached hydrogens (tertiary/aromatic N) is 1. The Kier molecular flexibility index (Phi) is 3.36. The van der Waals surface area contributed by atoms with Gasteiger partial charge in [0, 0.05) is 5.56 Å². The number of fused-ring (bicyclic) bond motifs is 1. The van der Waals surface area contributed by atoms with E-state index in [9.17, 15) is 14.7 Å². The van der Waals surface area contributed by atoms with E-state index >= 15 is 0 Å². The molecule has 0 saturated heterocycles. The third-order valence-corrected chi connectivity index (χ3v) is 2.76. The maximum absolute atomic E-state index is 11.6. The molecule has 96 valence electrons. The van der Waals surface area contributed by atoms with Gasteiger partial charge in [0.2, 0.25) is 0 Å². The minimum atomic E-state index is -1.11. The third-order valence-electron chi connectivity index (χ3n) is 2.76. The Morgan fingerprint density at radius 1 is 1.44 bits per heavy atom. The Morgan fingerprint density at radius 3 is 2.83 bits per heavy atom. The maximum atomic E-state index is 11.6. The van der Waals surface area contributed by atoms with Gasteiger partial charge in [-0.25, -0.2) is 9.59 Å². The number of amides is 1. The zero-order chi connectivity index (χ0) is 13.1. The van der Waals surface area contributed by atoms with Crippen LogP contribution < -0.4 is 4.74 Å². The summed E-state index contributed by atoms with van der Waals surface area (Å²) in [5, 5.41) is 9.32. The van der Waals surface area contributed by atoms with Crippen LogP contribution in [0.4, 0.5) is 4.79 Å². The monoisotopic (exact) mass is 251 g/mol. The summed E-state index contributed by atoms with van der Waals surface area (Å²) in [6, 6.07) is 5.70. The Labute approximate surface area is 104 Å². The van der Waals surface area contributed by atoms with Gasteiger partial charge < -0.3 is 14.6 Å². The first-order valence-electron chi connectivity index (χ1n) is 5.44. The molecule has 1 N–H and O–H groups in total. The second-order valence-electron chi connectivity index (χ2n) is 3.79. The van der Waals surface area contributed by atoms with E-state index in [0.717, 1.165) is 4.90 Å². The van der Waals surface area contributed by atoms with Crippen molar-refractivity contribution in [3.05, 3.63) is 29.8 Å². The zero-order valence-corrected chi connectivity index (χ0v) is 9.83. The fourth-order valence-corrected chi connectivity index (χ4v) is 1.97. The first kappa shape index (κ1) is 12.2. The topological polar surface area (TPSA) is 76.1 Å². The number of benzene rings is 1. The SMILES string of the molecule is COC(=O)N1CCOc2ccccc2C1C(=O)O. The molecule has 0 saturated carbocycles. The molecular weight excluding hydrogens is 238 g/mol. The normalized spacial score (nSPS) is 18.3. The molecule has 0 spiro atoms. The lowest BCUT2D eigenvalue weighted by molar-refractivity contribution is -0.142. The van der Waals surface area contributed by atoms with E-state index in [1.807, 2.05) is 0 Å². The Morgan fingerprint density at radius 2 is 2.17 bits per heavy atom. The Balaban J connectivity index is 2.47. The second kappa shape index (κ2) is 4.95. The molecule has 0 fully saturated rings. The highest BCUT2D eigenvalue weighted by Gasteiger charge is 2.35. The molecular formula is C12H13NO5. The largest absolute Gasteiger partial charge is 0.491 e. The number of carboxylic acids is 1. The molecule has 0 aromatic heterocycles. The van der Waals surface area contributed by atoms with Gasteiger partial charge in [-0.05, 0) is 6.07 Å². The van der Waals surface area contributed by atoms with Gasteiger partial charge in [-0.2, -0.15) is 0 Å². The summed E-state index contributed by atoms with van der Waals surface area (Å²) in [7, 11) is 1.22. The summed E-state index contributed by atoms with van der Waals surface area (Å²) in [6.07, 6.45) is -0.678. The molecule has 6 heteroatoms. The molecule has 18 heavy (non-hydrogen) atoms. The molecule has 1 aliphatic heterocycles. The fraction of sp³-hybridized carbons (Fsp3) is 0.333. The average Bonchev–Trinajstić information content (AvgIpc) is 2.56. The van der Waals surface area contributed by atoms with Crippen molar-refractivity contribution in [2.24, 2.45) is 0 Å². The van der Waals surface area contributed by atoms with Crippen LogP contribution in [0.2, 0.25) is 0 Å². The smallest absolute Gasteiger partial charge is 0.410 e. The van der Waals surface area contributed by atoms with Crippen molar-refractivity contribution in [1.29, 1.82) is 0 Å². The van der Waals surface area contributed by atoms with Crippen LogP contribution in [0, 0.1) is 0 Å². The quantitative estimate of drug-likeness (QED) is 0.813. The number of carbonyl (C=O) groups excluding carboxylic acids is 1. The van der Waals surface area contributed by atoms with Crippen molar-refractivity contribution < 1.29 is 24.2 Å². The Hall–Kier alpha value is -2.24. The molecule has 1 aromatic carbocycles. The molecule has 1 heterocycles. The minimum Gasteiger partial charge on any atom is -0.491 e. The van der Waals surface area contributed by atoms with Crippen LogP contribution in [0.1, 0.15) is 11.6 Å². The number of hydrogen-bond donors (Lipinski definition) is 1. The van der Waals surface area contributed by atoms with Crippen molar-refractivity contribution in [2.75, 3.05) is 20.3 Å². The van der Waals surface area contributed by atoms with Crippen LogP contribution in [-0.2, 0) is 9.53 Å². The zero-order valence-electron chi connectivity index (χ0n) is 9.83. The molecule has 1 atom stereocenters. The van der Waals surface area contributed by atoms with E-state index in [1.54, 1.807) is 24.3 Å². The molecule has 0 bridgehead atoms. The molecule has 1 aromatic rings. The van der Waals surface area contributed by atoms with E-state index in [2.05, 4.69) is 4.74 Å². The first-order chi connectivity index (χ1) is 8.65. The lowest BCUT2D eigenvalue weighted by Gasteiger charge is -2.25. The number of carboxylic acid groups (broad SMARTS) is 1. The summed E-state index contributed by atoms with van der Waals surface area (Å²) in [5.74, 6) is -0.630. The third kappa shape index (κ3) is 2.09. The fourth-order valence-electron chi connectivity index (χ4n) is 1.97. The highest BCUT2D eigenvalue weighted by Crippen LogP contribution is 2.32. The lowest BCUT2D eigenvalue weighted by Crippen LogP contribution is -2.39. The highest BCUT2D eigenvalue weighted by atomic mass is 16.5. The van der Waals surface area contributed by atoms with Gasteiger partial charge in [0.1, 0.15) is 12.4 Å². The van der Waals surface area contributed by atoms with E-state index < -0.39 is 18.1 Å². The van der Waals surface area contributed by atoms with E-state index in [0.29, 0.717) is 11.3 Å². The Bertz CT molecular complexity index is 473. The molecule has 1 unspecified atom stereocenters. The number of aliphatic carboxylic acids is 1. The molecule has 2 rings (SSSR count). The van der Waals surface area contributed by atoms with Crippen molar-refractivity contribution in [2.45, 2.75) is 6.04 Å². The van der Waals surface area contributed by atoms with Crippen LogP contribution in [0.25, 0.3) is 0 Å². The van der Waals surface area contributed by atoms with Gasteiger partial charge in [-0.3, -0.25) is 4.90 Å². The van der Waals surface area contributed by atoms with Gasteiger partial charge in [0.05, 0.1) is 13.7 Å². The first-order valence-corrected chi connectivity index (χ1v) is 5.44. The highest BCUT2D eigenvalue weighted by molar-refractivity contribution is 5.82. The predicted octanol–water partition coefficient (Wildman–Crippen LogP) is 1.27. The van der Waals surface area contributed by atoms with Crippen LogP contribution in [-0.4, -0.2) is 42.3 Å². The summed E-state index contributed by atoms with van der Waals surface area (Å²) in [5.41, 5.74) is 0.452. The van der Waals surface area contributed by atoms with Gasteiger partial charge in [0.15, 0.2) is 6.04 Å². The number of rotatable bonds is 1. The number of hydrogen-bond acceptors (Lipinski definition) is 4. The van der Waals surface area contributed by atoms with Crippen molar-refractivity contribution in [3.63, 3.8) is 0 Å². The summed E-state index contributed by atoms with van der Waals surface area (Å²) in [6.45, 7) is 0.397. The van der Waals surface area contributed by atoms with Crippen LogP contribution >= 0.6 is 0 Å². The summed E-state index contributed by atoms with van der Waals surface area (Å²) in [4.78, 5) is 24.2. The molecule has 6 nitrogen and oxygen atoms in total. The average molecular weight is 251 g/mol. The summed E-state index contributed by atoms with van der Waals surface area (Å²) >= 11 is 0. The van der Waals surface area contributed by atoms with Crippen molar-refractivity contribution in [3.8, 4) is 5.75 Å². The van der Waals surface area contributed by atoms with Gasteiger partial charge >= 0.3 is 12.1 Å². The van der Waals surface area contributed by atoms with Crippen LogP contribution in [0.15, 0.2) is 24.3 Å². The maximum Gasteiger partial charge on any atom is 0.410 e. The van der Waals surface area contributed by atoms with E-state index in [4.69, 9.17) is 4.74 Å². The van der Waals surface area contributed by atoms with Gasteiger partial charge in [-0.1, -0.05) is 18.2 Å². The van der Waals surface area contributed by atoms with Crippen molar-refractivity contribution >= 4 is 12.1 Å². The van der Waals surface area contributed by atoms with Gasteiger partial charge in [0.25, 0.3) is 0 Å². The summed E-state index contributed by atoms with van der Waals surface area (Å²) < 4.78 is 10.0. The van der Waals surface area contributed by atoms with Crippen LogP contribution in [0.5, 0.6) is 5.75 Å². The standard InChI is InChI=1S/C12H13NO5/c1-17-12(16)13-6-7-18-9-5-3-2-4-8(9)10(13)11(14)15/h2-5,10H,6-7H2,1H3,(H,14,15). The molecule has 1 aliphatic rings. The minimum absolute atomic E-state index is 0.165. The molecule has 0 aliphatic carbocycles. The van der Waals surface area contributed by atoms with E-state index in [-0.39, 0.29) is 13.2 Å². The van der Waals surface area contributed by atoms with Crippen LogP contribution in [0.3, 0.4) is 0 Å². The molecule has 0 radical (unpaired) electrons. The molecule has 1 amide bonds.